The maximum Gasteiger partial charge on any atom is 0.490 e. The summed E-state index contributed by atoms with van der Waals surface area (Å²) in [4.78, 5) is 37.5. The molecule has 2 aromatic heterocycles. The molecule has 0 unspecified atom stereocenters. The highest BCUT2D eigenvalue weighted by atomic mass is 19.4. The van der Waals surface area contributed by atoms with E-state index in [4.69, 9.17) is 29.7 Å². The molecule has 1 aliphatic rings. The topological polar surface area (TPSA) is 161 Å². The zero-order valence-electron chi connectivity index (χ0n) is 20.4. The van der Waals surface area contributed by atoms with Gasteiger partial charge in [0.25, 0.3) is 0 Å². The summed E-state index contributed by atoms with van der Waals surface area (Å²) in [6.45, 7) is 1.71. The first-order chi connectivity index (χ1) is 18.7. The van der Waals surface area contributed by atoms with Crippen LogP contribution in [0.4, 0.5) is 39.5 Å². The monoisotopic (exact) mass is 611 g/mol. The molecule has 1 saturated heterocycles. The lowest BCUT2D eigenvalue weighted by atomic mass is 10.0. The Morgan fingerprint density at radius 3 is 1.66 bits per heavy atom. The average Bonchev–Trinajstić information content (AvgIpc) is 3.18. The van der Waals surface area contributed by atoms with Crippen molar-refractivity contribution in [3.05, 3.63) is 60.2 Å². The van der Waals surface area contributed by atoms with Crippen LogP contribution in [-0.4, -0.2) is 90.4 Å². The standard InChI is InChI=1S/C16H19N3O.3C2HF3O2/c20-16-6-9-19(12-14-5-1-2-8-18-14)15(16)10-13-4-3-7-17-11-13;3*3-2(4,5)1(6)7/h1-5,7-8,11,15-16,20H,6,9-10,12H2;3*(H,6,7)/t15-,16+;;;/m0.../s1. The second-order valence-corrected chi connectivity index (χ2v) is 7.69. The molecule has 0 amide bonds. The zero-order chi connectivity index (χ0) is 32.0. The van der Waals surface area contributed by atoms with Crippen molar-refractivity contribution in [1.82, 2.24) is 14.9 Å². The molecule has 19 heteroatoms. The van der Waals surface area contributed by atoms with E-state index in [0.29, 0.717) is 0 Å². The fraction of sp³-hybridized carbons (Fsp3) is 0.409. The van der Waals surface area contributed by atoms with E-state index in [1.165, 1.54) is 5.56 Å². The van der Waals surface area contributed by atoms with Crippen LogP contribution in [-0.2, 0) is 27.3 Å². The molecule has 0 aliphatic carbocycles. The number of aliphatic hydroxyl groups is 1. The molecule has 0 aromatic carbocycles. The number of pyridine rings is 2. The zero-order valence-corrected chi connectivity index (χ0v) is 20.4. The van der Waals surface area contributed by atoms with Gasteiger partial charge >= 0.3 is 36.4 Å². The first-order valence-corrected chi connectivity index (χ1v) is 10.8. The highest BCUT2D eigenvalue weighted by molar-refractivity contribution is 5.73. The van der Waals surface area contributed by atoms with Crippen molar-refractivity contribution in [2.24, 2.45) is 0 Å². The molecule has 4 N–H and O–H groups in total. The van der Waals surface area contributed by atoms with Crippen molar-refractivity contribution >= 4 is 17.9 Å². The third-order valence-corrected chi connectivity index (χ3v) is 4.61. The van der Waals surface area contributed by atoms with Crippen LogP contribution in [0.3, 0.4) is 0 Å². The Labute approximate surface area is 224 Å². The molecule has 41 heavy (non-hydrogen) atoms. The van der Waals surface area contributed by atoms with Gasteiger partial charge in [0.15, 0.2) is 0 Å². The third kappa shape index (κ3) is 16.0. The Balaban J connectivity index is 0.000000631. The van der Waals surface area contributed by atoms with Crippen molar-refractivity contribution < 1.29 is 74.3 Å². The summed E-state index contributed by atoms with van der Waals surface area (Å²) >= 11 is 0. The summed E-state index contributed by atoms with van der Waals surface area (Å²) in [5.74, 6) is -8.27. The van der Waals surface area contributed by atoms with E-state index in [9.17, 15) is 44.6 Å². The fourth-order valence-electron chi connectivity index (χ4n) is 2.82. The number of carboxylic acids is 3. The number of likely N-dealkylation sites (tertiary alicyclic amines) is 1. The molecule has 2 aromatic rings. The van der Waals surface area contributed by atoms with Gasteiger partial charge in [0.05, 0.1) is 11.8 Å². The highest BCUT2D eigenvalue weighted by Crippen LogP contribution is 2.23. The number of rotatable bonds is 4. The minimum absolute atomic E-state index is 0.154. The Bertz CT molecular complexity index is 1030. The highest BCUT2D eigenvalue weighted by Gasteiger charge is 2.39. The Morgan fingerprint density at radius 2 is 1.29 bits per heavy atom. The molecule has 10 nitrogen and oxygen atoms in total. The fourth-order valence-corrected chi connectivity index (χ4v) is 2.82. The van der Waals surface area contributed by atoms with E-state index >= 15 is 0 Å². The number of carbonyl (C=O) groups is 3. The van der Waals surface area contributed by atoms with Crippen molar-refractivity contribution in [1.29, 1.82) is 0 Å². The van der Waals surface area contributed by atoms with Gasteiger partial charge in [-0.25, -0.2) is 14.4 Å². The molecule has 3 heterocycles. The average molecular weight is 611 g/mol. The predicted molar refractivity (Wildman–Crippen MR) is 118 cm³/mol. The number of carboxylic acid groups (broad SMARTS) is 3. The molecular formula is C22H22F9N3O7. The van der Waals surface area contributed by atoms with Crippen LogP contribution in [0.5, 0.6) is 0 Å². The molecule has 1 fully saturated rings. The minimum atomic E-state index is -5.08. The van der Waals surface area contributed by atoms with Gasteiger partial charge in [0.2, 0.25) is 0 Å². The maximum atomic E-state index is 10.6. The van der Waals surface area contributed by atoms with Gasteiger partial charge in [-0.05, 0) is 36.6 Å². The molecule has 0 radical (unpaired) electrons. The molecule has 230 valence electrons. The molecule has 3 rings (SSSR count). The number of hydrogen-bond donors (Lipinski definition) is 4. The maximum absolute atomic E-state index is 10.6. The minimum Gasteiger partial charge on any atom is -0.475 e. The summed E-state index contributed by atoms with van der Waals surface area (Å²) in [6, 6.07) is 10.1. The first-order valence-electron chi connectivity index (χ1n) is 10.8. The lowest BCUT2D eigenvalue weighted by molar-refractivity contribution is -0.193. The van der Waals surface area contributed by atoms with E-state index in [1.807, 2.05) is 36.7 Å². The van der Waals surface area contributed by atoms with Crippen molar-refractivity contribution in [3.63, 3.8) is 0 Å². The van der Waals surface area contributed by atoms with Gasteiger partial charge in [0.1, 0.15) is 0 Å². The molecule has 0 saturated carbocycles. The van der Waals surface area contributed by atoms with Crippen LogP contribution in [0.2, 0.25) is 0 Å². The van der Waals surface area contributed by atoms with E-state index in [-0.39, 0.29) is 12.1 Å². The van der Waals surface area contributed by atoms with E-state index < -0.39 is 36.4 Å². The third-order valence-electron chi connectivity index (χ3n) is 4.61. The van der Waals surface area contributed by atoms with Gasteiger partial charge < -0.3 is 20.4 Å². The summed E-state index contributed by atoms with van der Waals surface area (Å²) in [7, 11) is 0. The van der Waals surface area contributed by atoms with Crippen LogP contribution < -0.4 is 0 Å². The molecule has 0 bridgehead atoms. The number of alkyl halides is 9. The van der Waals surface area contributed by atoms with Crippen molar-refractivity contribution in [3.8, 4) is 0 Å². The lowest BCUT2D eigenvalue weighted by Gasteiger charge is -2.25. The number of aromatic nitrogens is 2. The number of aliphatic carboxylic acids is 3. The number of nitrogens with zero attached hydrogens (tertiary/aromatic N) is 3. The molecule has 0 spiro atoms. The van der Waals surface area contributed by atoms with Gasteiger partial charge in [-0.3, -0.25) is 14.9 Å². The Hall–Kier alpha value is -4.00. The summed E-state index contributed by atoms with van der Waals surface area (Å²) in [6.07, 6.45) is -8.37. The first kappa shape index (κ1) is 37.0. The summed E-state index contributed by atoms with van der Waals surface area (Å²) in [5.41, 5.74) is 2.22. The Kier molecular flexibility index (Phi) is 14.7. The van der Waals surface area contributed by atoms with Crippen LogP contribution >= 0.6 is 0 Å². The largest absolute Gasteiger partial charge is 0.490 e. The van der Waals surface area contributed by atoms with Crippen molar-refractivity contribution in [2.75, 3.05) is 6.54 Å². The molecular weight excluding hydrogens is 589 g/mol. The Morgan fingerprint density at radius 1 is 0.805 bits per heavy atom. The normalized spacial score (nSPS) is 17.0. The van der Waals surface area contributed by atoms with Crippen LogP contribution in [0.1, 0.15) is 17.7 Å². The van der Waals surface area contributed by atoms with Gasteiger partial charge in [-0.2, -0.15) is 39.5 Å². The summed E-state index contributed by atoms with van der Waals surface area (Å²) < 4.78 is 95.2. The second kappa shape index (κ2) is 16.3. The predicted octanol–water partition coefficient (Wildman–Crippen LogP) is 3.55. The van der Waals surface area contributed by atoms with Gasteiger partial charge in [-0.15, -0.1) is 0 Å². The lowest BCUT2D eigenvalue weighted by Crippen LogP contribution is -2.36. The smallest absolute Gasteiger partial charge is 0.475 e. The SMILES string of the molecule is O=C(O)C(F)(F)F.O=C(O)C(F)(F)F.O=C(O)C(F)(F)F.O[C@@H]1CCN(Cc2ccccn2)[C@H]1Cc1cccnc1. The van der Waals surface area contributed by atoms with Gasteiger partial charge in [0, 0.05) is 37.7 Å². The molecule has 1 aliphatic heterocycles. The van der Waals surface area contributed by atoms with Gasteiger partial charge in [-0.1, -0.05) is 12.1 Å². The van der Waals surface area contributed by atoms with E-state index in [2.05, 4.69) is 20.9 Å². The number of hydrogen-bond acceptors (Lipinski definition) is 7. The van der Waals surface area contributed by atoms with Crippen LogP contribution in [0, 0.1) is 0 Å². The number of aliphatic hydroxyl groups excluding tert-OH is 1. The second-order valence-electron chi connectivity index (χ2n) is 7.69. The summed E-state index contributed by atoms with van der Waals surface area (Å²) in [5, 5.41) is 31.6. The van der Waals surface area contributed by atoms with Crippen LogP contribution in [0.15, 0.2) is 48.9 Å². The quantitative estimate of drug-likeness (QED) is 0.377. The van der Waals surface area contributed by atoms with E-state index in [1.54, 1.807) is 6.20 Å². The molecule has 2 atom stereocenters. The van der Waals surface area contributed by atoms with Crippen molar-refractivity contribution in [2.45, 2.75) is 50.1 Å². The number of halogens is 9. The van der Waals surface area contributed by atoms with Crippen LogP contribution in [0.25, 0.3) is 0 Å². The van der Waals surface area contributed by atoms with E-state index in [0.717, 1.165) is 31.6 Å².